The molecule has 3 heterocycles. The number of benzene rings is 1. The van der Waals surface area contributed by atoms with Crippen LogP contribution in [-0.4, -0.2) is 58.1 Å². The Bertz CT molecular complexity index is 1190. The summed E-state index contributed by atoms with van der Waals surface area (Å²) in [4.78, 5) is 16.9. The van der Waals surface area contributed by atoms with Gasteiger partial charge in [0.25, 0.3) is 0 Å². The van der Waals surface area contributed by atoms with Crippen LogP contribution in [0, 0.1) is 5.82 Å². The minimum atomic E-state index is -4.78. The van der Waals surface area contributed by atoms with Crippen LogP contribution in [0.5, 0.6) is 0 Å². The van der Waals surface area contributed by atoms with Crippen molar-refractivity contribution in [3.05, 3.63) is 53.0 Å². The second-order valence-electron chi connectivity index (χ2n) is 8.83. The minimum Gasteiger partial charge on any atom is -0.382 e. The number of nitrogens with zero attached hydrogens (tertiary/aromatic N) is 6. The molecule has 0 bridgehead atoms. The first-order valence-corrected chi connectivity index (χ1v) is 11.5. The third-order valence-electron chi connectivity index (χ3n) is 6.12. The Morgan fingerprint density at radius 2 is 1.89 bits per heavy atom. The van der Waals surface area contributed by atoms with E-state index in [0.29, 0.717) is 36.2 Å². The maximum atomic E-state index is 13.8. The first-order chi connectivity index (χ1) is 16.5. The number of imidazole rings is 1. The molecule has 2 N–H and O–H groups in total. The van der Waals surface area contributed by atoms with Crippen molar-refractivity contribution >= 4 is 23.2 Å². The molecule has 0 atom stereocenters. The topological polar surface area (TPSA) is 76.1 Å². The van der Waals surface area contributed by atoms with Crippen LogP contribution in [0.15, 0.2) is 30.7 Å². The Balaban J connectivity index is 1.61. The van der Waals surface area contributed by atoms with E-state index in [0.717, 1.165) is 37.3 Å². The molecule has 0 spiro atoms. The van der Waals surface area contributed by atoms with Gasteiger partial charge in [0.1, 0.15) is 28.8 Å². The summed E-state index contributed by atoms with van der Waals surface area (Å²) in [5.74, 6) is 0.390. The van der Waals surface area contributed by atoms with Crippen molar-refractivity contribution < 1.29 is 17.6 Å². The van der Waals surface area contributed by atoms with Gasteiger partial charge in [0.2, 0.25) is 0 Å². The zero-order valence-corrected chi connectivity index (χ0v) is 20.1. The lowest BCUT2D eigenvalue weighted by Gasteiger charge is -2.33. The number of halogens is 5. The predicted molar refractivity (Wildman–Crippen MR) is 127 cm³/mol. The van der Waals surface area contributed by atoms with Crippen LogP contribution in [0.4, 0.5) is 29.2 Å². The van der Waals surface area contributed by atoms with Crippen molar-refractivity contribution in [2.24, 2.45) is 0 Å². The Hall–Kier alpha value is -2.92. The fourth-order valence-corrected chi connectivity index (χ4v) is 4.44. The van der Waals surface area contributed by atoms with Gasteiger partial charge in [-0.25, -0.2) is 19.3 Å². The van der Waals surface area contributed by atoms with Gasteiger partial charge in [0.05, 0.1) is 11.3 Å². The van der Waals surface area contributed by atoms with E-state index >= 15 is 0 Å². The molecule has 1 fully saturated rings. The monoisotopic (exact) mass is 511 g/mol. The van der Waals surface area contributed by atoms with Gasteiger partial charge in [0.15, 0.2) is 5.82 Å². The van der Waals surface area contributed by atoms with E-state index in [1.807, 2.05) is 28.5 Å². The van der Waals surface area contributed by atoms with Crippen molar-refractivity contribution in [1.29, 1.82) is 0 Å². The van der Waals surface area contributed by atoms with Gasteiger partial charge in [-0.15, -0.1) is 0 Å². The molecule has 3 aromatic rings. The highest BCUT2D eigenvalue weighted by molar-refractivity contribution is 6.35. The Labute approximate surface area is 205 Å². The number of alkyl halides is 3. The van der Waals surface area contributed by atoms with Gasteiger partial charge in [-0.05, 0) is 45.1 Å². The van der Waals surface area contributed by atoms with Crippen molar-refractivity contribution in [3.8, 4) is 11.3 Å². The lowest BCUT2D eigenvalue weighted by molar-refractivity contribution is -0.139. The zero-order valence-electron chi connectivity index (χ0n) is 19.4. The number of likely N-dealkylation sites (N-methyl/N-ethyl adjacent to an activating group) is 1. The van der Waals surface area contributed by atoms with Crippen LogP contribution >= 0.6 is 11.6 Å². The number of piperidine rings is 1. The van der Waals surface area contributed by atoms with Crippen LogP contribution in [0.25, 0.3) is 11.3 Å². The van der Waals surface area contributed by atoms with Crippen LogP contribution in [0.1, 0.15) is 30.1 Å². The highest BCUT2D eigenvalue weighted by Crippen LogP contribution is 2.36. The van der Waals surface area contributed by atoms with E-state index in [1.54, 1.807) is 6.20 Å². The number of aromatic nitrogens is 4. The smallest absolute Gasteiger partial charge is 0.382 e. The zero-order chi connectivity index (χ0) is 25.3. The quantitative estimate of drug-likeness (QED) is 0.484. The third-order valence-corrected chi connectivity index (χ3v) is 6.48. The molecule has 4 rings (SSSR count). The average molecular weight is 512 g/mol. The standard InChI is InChI=1S/C23H26ClF4N7/c1-33(2)9-10-35-12-18(15-3-4-17(25)16(11-15)23(26,27)28)32-21(35)14-5-7-34(8-6-14)22-19(24)20(29)30-13-31-22/h3-4,11-14H,5-10H2,1-2H3,(H2,29,30,31). The summed E-state index contributed by atoms with van der Waals surface area (Å²) in [5, 5.41) is 0.317. The largest absolute Gasteiger partial charge is 0.419 e. The fourth-order valence-electron chi connectivity index (χ4n) is 4.23. The van der Waals surface area contributed by atoms with Crippen molar-refractivity contribution in [1.82, 2.24) is 24.4 Å². The molecular formula is C23H26ClF4N7. The maximum absolute atomic E-state index is 13.8. The van der Waals surface area contributed by atoms with E-state index in [9.17, 15) is 17.6 Å². The number of rotatable bonds is 6. The van der Waals surface area contributed by atoms with Crippen LogP contribution in [0.3, 0.4) is 0 Å². The molecule has 0 amide bonds. The van der Waals surface area contributed by atoms with Gasteiger partial charge in [-0.3, -0.25) is 0 Å². The van der Waals surface area contributed by atoms with Crippen molar-refractivity contribution in [2.75, 3.05) is 44.4 Å². The van der Waals surface area contributed by atoms with Gasteiger partial charge in [0, 0.05) is 43.9 Å². The van der Waals surface area contributed by atoms with Crippen molar-refractivity contribution in [2.45, 2.75) is 31.5 Å². The van der Waals surface area contributed by atoms with E-state index in [2.05, 4.69) is 9.97 Å². The van der Waals surface area contributed by atoms with E-state index in [4.69, 9.17) is 22.3 Å². The average Bonchev–Trinajstić information content (AvgIpc) is 3.23. The second kappa shape index (κ2) is 9.98. The molecule has 0 saturated carbocycles. The molecule has 1 saturated heterocycles. The molecule has 1 aliphatic heterocycles. The maximum Gasteiger partial charge on any atom is 0.419 e. The molecule has 0 radical (unpaired) electrons. The lowest BCUT2D eigenvalue weighted by Crippen LogP contribution is -2.34. The number of nitrogen functional groups attached to an aromatic ring is 1. The van der Waals surface area contributed by atoms with Gasteiger partial charge in [-0.2, -0.15) is 13.2 Å². The molecule has 1 aromatic carbocycles. The fraction of sp³-hybridized carbons (Fsp3) is 0.435. The van der Waals surface area contributed by atoms with E-state index < -0.39 is 17.6 Å². The molecule has 188 valence electrons. The number of hydrogen-bond donors (Lipinski definition) is 1. The van der Waals surface area contributed by atoms with E-state index in [-0.39, 0.29) is 17.3 Å². The molecule has 0 unspecified atom stereocenters. The van der Waals surface area contributed by atoms with Crippen molar-refractivity contribution in [3.63, 3.8) is 0 Å². The molecule has 7 nitrogen and oxygen atoms in total. The summed E-state index contributed by atoms with van der Waals surface area (Å²) in [6.07, 6.45) is -0.165. The molecule has 35 heavy (non-hydrogen) atoms. The lowest BCUT2D eigenvalue weighted by atomic mass is 9.96. The summed E-state index contributed by atoms with van der Waals surface area (Å²) in [5.41, 5.74) is 5.12. The van der Waals surface area contributed by atoms with Gasteiger partial charge in [-0.1, -0.05) is 11.6 Å². The summed E-state index contributed by atoms with van der Waals surface area (Å²) >= 11 is 6.28. The minimum absolute atomic E-state index is 0.0858. The molecular weight excluding hydrogens is 486 g/mol. The summed E-state index contributed by atoms with van der Waals surface area (Å²) in [6, 6.07) is 2.99. The first kappa shape index (κ1) is 25.2. The van der Waals surface area contributed by atoms with Crippen LogP contribution in [0.2, 0.25) is 5.02 Å². The number of hydrogen-bond acceptors (Lipinski definition) is 6. The molecule has 1 aliphatic rings. The summed E-state index contributed by atoms with van der Waals surface area (Å²) in [7, 11) is 3.89. The summed E-state index contributed by atoms with van der Waals surface area (Å²) in [6.45, 7) is 2.67. The predicted octanol–water partition coefficient (Wildman–Crippen LogP) is 4.68. The highest BCUT2D eigenvalue weighted by Gasteiger charge is 2.35. The second-order valence-corrected chi connectivity index (χ2v) is 9.21. The molecule has 2 aromatic heterocycles. The third kappa shape index (κ3) is 5.51. The van der Waals surface area contributed by atoms with E-state index in [1.165, 1.54) is 12.4 Å². The van der Waals surface area contributed by atoms with Crippen LogP contribution < -0.4 is 10.6 Å². The van der Waals surface area contributed by atoms with Crippen LogP contribution in [-0.2, 0) is 12.7 Å². The SMILES string of the molecule is CN(C)CCn1cc(-c2ccc(F)c(C(F)(F)F)c2)nc1C1CCN(c2ncnc(N)c2Cl)CC1. The Morgan fingerprint density at radius 3 is 2.54 bits per heavy atom. The van der Waals surface area contributed by atoms with Gasteiger partial charge >= 0.3 is 6.18 Å². The highest BCUT2D eigenvalue weighted by atomic mass is 35.5. The summed E-state index contributed by atoms with van der Waals surface area (Å²) < 4.78 is 55.6. The van der Waals surface area contributed by atoms with Gasteiger partial charge < -0.3 is 20.1 Å². The first-order valence-electron chi connectivity index (χ1n) is 11.1. The Kier molecular flexibility index (Phi) is 7.18. The number of anilines is 2. The Morgan fingerprint density at radius 1 is 1.17 bits per heavy atom. The molecule has 12 heteroatoms. The number of nitrogens with two attached hydrogens (primary N) is 1. The normalized spacial score (nSPS) is 15.3. The molecule has 0 aliphatic carbocycles.